The van der Waals surface area contributed by atoms with Crippen LogP contribution < -0.4 is 0 Å². The van der Waals surface area contributed by atoms with E-state index in [1.807, 2.05) is 6.92 Å². The maximum Gasteiger partial charge on any atom is 0.506 e. The molecule has 62 heavy (non-hydrogen) atoms. The first-order valence-corrected chi connectivity index (χ1v) is 21.0. The highest BCUT2D eigenvalue weighted by Gasteiger charge is 2.78. The van der Waals surface area contributed by atoms with E-state index in [2.05, 4.69) is 0 Å². The predicted octanol–water partition coefficient (Wildman–Crippen LogP) is 4.48. The molecule has 16 nitrogen and oxygen atoms in total. The van der Waals surface area contributed by atoms with Crippen LogP contribution in [0.25, 0.3) is 0 Å². The first-order chi connectivity index (χ1) is 29.2. The normalized spacial score (nSPS) is 31.9. The Morgan fingerprint density at radius 3 is 2.15 bits per heavy atom. The molecule has 1 saturated heterocycles. The number of unbranched alkanes of at least 4 members (excludes halogenated alkanes) is 2. The number of carbonyl (C=O) groups is 6. The van der Waals surface area contributed by atoms with E-state index in [-0.39, 0.29) is 35.5 Å². The van der Waals surface area contributed by atoms with E-state index in [0.29, 0.717) is 12.0 Å². The minimum atomic E-state index is -2.45. The summed E-state index contributed by atoms with van der Waals surface area (Å²) in [6, 6.07) is 14.9. The van der Waals surface area contributed by atoms with Gasteiger partial charge in [-0.15, -0.1) is 0 Å². The zero-order chi connectivity index (χ0) is 45.5. The van der Waals surface area contributed by atoms with Gasteiger partial charge in [0, 0.05) is 38.6 Å². The summed E-state index contributed by atoms with van der Waals surface area (Å²) in [5, 5.41) is 47.7. The van der Waals surface area contributed by atoms with Crippen molar-refractivity contribution in [1.82, 2.24) is 4.90 Å². The van der Waals surface area contributed by atoms with Crippen LogP contribution in [0.3, 0.4) is 0 Å². The number of ketones is 1. The van der Waals surface area contributed by atoms with Gasteiger partial charge >= 0.3 is 24.1 Å². The monoisotopic (exact) mass is 863 g/mol. The van der Waals surface area contributed by atoms with E-state index in [1.54, 1.807) is 48.5 Å². The van der Waals surface area contributed by atoms with Crippen LogP contribution in [0, 0.1) is 16.7 Å². The van der Waals surface area contributed by atoms with Gasteiger partial charge in [0.2, 0.25) is 5.91 Å². The molecule has 2 aromatic carbocycles. The quantitative estimate of drug-likeness (QED) is 0.0942. The number of rotatable bonds is 13. The Morgan fingerprint density at radius 1 is 0.952 bits per heavy atom. The fourth-order valence-electron chi connectivity index (χ4n) is 10.4. The second-order valence-corrected chi connectivity index (χ2v) is 17.7. The molecule has 3 aliphatic carbocycles. The zero-order valence-corrected chi connectivity index (χ0v) is 36.1. The number of aliphatic hydroxyl groups excluding tert-OH is 2. The molecule has 0 aromatic heterocycles. The highest BCUT2D eigenvalue weighted by atomic mass is 16.7. The molecule has 336 valence electrons. The first-order valence-electron chi connectivity index (χ1n) is 21.0. The van der Waals surface area contributed by atoms with Gasteiger partial charge in [0.1, 0.15) is 23.9 Å². The highest BCUT2D eigenvalue weighted by molar-refractivity contribution is 5.95. The van der Waals surface area contributed by atoms with Crippen molar-refractivity contribution in [1.29, 1.82) is 0 Å². The number of ether oxygens (including phenoxy) is 5. The average molecular weight is 864 g/mol. The van der Waals surface area contributed by atoms with Gasteiger partial charge < -0.3 is 49.0 Å². The SMILES string of the molecule is CCCCCC(=O)N(C)C(c1ccccc1)[C@@H](O)C(=O)O[C@H]1C[C@@]2(O)[C@@H](OC(=O)c3ccccc3)[C@@H]3[C@]4(OC(=O)O)CO[C@@H]4C[C@H](O)[C@@]3(C)C(=O)[C@H](OC(C)=O)C(=C1C)C2(C)C. The van der Waals surface area contributed by atoms with Crippen molar-refractivity contribution in [2.24, 2.45) is 16.7 Å². The number of nitrogens with zero attached hydrogens (tertiary/aromatic N) is 1. The number of aliphatic hydroxyl groups is 3. The lowest BCUT2D eigenvalue weighted by Gasteiger charge is -2.67. The van der Waals surface area contributed by atoms with Gasteiger partial charge in [0.15, 0.2) is 23.6 Å². The van der Waals surface area contributed by atoms with E-state index in [0.717, 1.165) is 19.8 Å². The molecule has 11 atom stereocenters. The summed E-state index contributed by atoms with van der Waals surface area (Å²) in [6.07, 6.45) is -10.4. The molecule has 1 amide bonds. The number of fused-ring (bicyclic) bond motifs is 5. The van der Waals surface area contributed by atoms with Crippen molar-refractivity contribution in [2.75, 3.05) is 13.7 Å². The lowest BCUT2D eigenvalue weighted by molar-refractivity contribution is -0.343. The molecule has 0 radical (unpaired) electrons. The fourth-order valence-corrected chi connectivity index (χ4v) is 10.4. The number of hydrogen-bond acceptors (Lipinski definition) is 14. The van der Waals surface area contributed by atoms with Crippen molar-refractivity contribution < 1.29 is 72.9 Å². The summed E-state index contributed by atoms with van der Waals surface area (Å²) in [7, 11) is 1.47. The fraction of sp³-hybridized carbons (Fsp3) is 0.565. The lowest BCUT2D eigenvalue weighted by Crippen LogP contribution is -2.82. The summed E-state index contributed by atoms with van der Waals surface area (Å²) in [4.78, 5) is 84.3. The largest absolute Gasteiger partial charge is 0.506 e. The third-order valence-electron chi connectivity index (χ3n) is 13.9. The molecule has 1 unspecified atom stereocenters. The third kappa shape index (κ3) is 7.79. The summed E-state index contributed by atoms with van der Waals surface area (Å²) in [6.45, 7) is 8.49. The van der Waals surface area contributed by atoms with E-state index in [9.17, 15) is 44.4 Å². The molecule has 6 rings (SSSR count). The van der Waals surface area contributed by atoms with Crippen molar-refractivity contribution in [3.8, 4) is 0 Å². The van der Waals surface area contributed by atoms with E-state index < -0.39 is 113 Å². The number of likely N-dealkylation sites (N-methyl/N-ethyl adjacent to an activating group) is 1. The molecule has 4 N–H and O–H groups in total. The summed E-state index contributed by atoms with van der Waals surface area (Å²) in [5.74, 6) is -6.06. The Balaban J connectivity index is 1.53. The summed E-state index contributed by atoms with van der Waals surface area (Å²) in [5.41, 5.74) is -7.75. The molecule has 2 bridgehead atoms. The molecular weight excluding hydrogens is 806 g/mol. The maximum atomic E-state index is 15.4. The number of amides is 1. The zero-order valence-electron chi connectivity index (χ0n) is 36.1. The van der Waals surface area contributed by atoms with Crippen LogP contribution in [-0.2, 0) is 42.9 Å². The summed E-state index contributed by atoms with van der Waals surface area (Å²) < 4.78 is 29.7. The lowest BCUT2D eigenvalue weighted by atomic mass is 9.44. The van der Waals surface area contributed by atoms with Gasteiger partial charge in [-0.05, 0) is 49.1 Å². The highest BCUT2D eigenvalue weighted by Crippen LogP contribution is 2.64. The van der Waals surface area contributed by atoms with E-state index >= 15 is 4.79 Å². The number of carbonyl (C=O) groups excluding carboxylic acids is 5. The van der Waals surface area contributed by atoms with Gasteiger partial charge in [-0.3, -0.25) is 14.4 Å². The Hall–Kier alpha value is -5.16. The Bertz CT molecular complexity index is 2090. The molecule has 1 aliphatic heterocycles. The third-order valence-corrected chi connectivity index (χ3v) is 13.9. The molecule has 0 spiro atoms. The van der Waals surface area contributed by atoms with Crippen LogP contribution in [0.15, 0.2) is 71.8 Å². The number of Topliss-reactive ketones (excluding diaryl/α,β-unsaturated/α-hetero) is 1. The molecule has 16 heteroatoms. The molecule has 2 saturated carbocycles. The summed E-state index contributed by atoms with van der Waals surface area (Å²) >= 11 is 0. The molecule has 3 fully saturated rings. The molecule has 1 heterocycles. The van der Waals surface area contributed by atoms with Crippen LogP contribution in [0.4, 0.5) is 4.79 Å². The van der Waals surface area contributed by atoms with Crippen LogP contribution in [0.1, 0.15) is 102 Å². The Morgan fingerprint density at radius 2 is 1.58 bits per heavy atom. The van der Waals surface area contributed by atoms with Crippen LogP contribution in [-0.4, -0.2) is 123 Å². The second kappa shape index (κ2) is 17.5. The minimum absolute atomic E-state index is 0.0296. The van der Waals surface area contributed by atoms with Crippen LogP contribution in [0.5, 0.6) is 0 Å². The predicted molar refractivity (Wildman–Crippen MR) is 218 cm³/mol. The first kappa shape index (κ1) is 46.3. The topological polar surface area (TPSA) is 233 Å². The number of esters is 3. The van der Waals surface area contributed by atoms with Crippen molar-refractivity contribution >= 4 is 35.8 Å². The molecule has 4 aliphatic rings. The maximum absolute atomic E-state index is 15.4. The van der Waals surface area contributed by atoms with Crippen LogP contribution in [0.2, 0.25) is 0 Å². The number of carboxylic acid groups (broad SMARTS) is 1. The Kier molecular flexibility index (Phi) is 13.1. The average Bonchev–Trinajstić information content (AvgIpc) is 3.22. The minimum Gasteiger partial charge on any atom is -0.456 e. The second-order valence-electron chi connectivity index (χ2n) is 17.7. The Labute approximate surface area is 360 Å². The smallest absolute Gasteiger partial charge is 0.456 e. The van der Waals surface area contributed by atoms with Crippen LogP contribution >= 0.6 is 0 Å². The standard InChI is InChI=1S/C46H57NO15/c1-8-9-12-21-32(50)47(7)34(27-17-13-10-14-18-27)35(51)41(54)60-29-23-46(57)39(61-40(53)28-19-15-11-16-20-28)37-44(6,30(49)22-31-45(37,24-58-31)62-42(55)56)38(52)36(59-26(3)48)33(25(29)2)43(46,4)5/h10-11,13-20,29-31,34-37,39,49,51,57H,8-9,12,21-24H2,1-7H3,(H,55,56)/t29-,30-,31+,34?,35+,36+,37-,39-,44+,45-,46+/m0/s1. The van der Waals surface area contributed by atoms with Gasteiger partial charge in [-0.1, -0.05) is 82.1 Å². The van der Waals surface area contributed by atoms with E-state index in [1.165, 1.54) is 51.8 Å². The van der Waals surface area contributed by atoms with Gasteiger partial charge in [-0.25, -0.2) is 14.4 Å². The van der Waals surface area contributed by atoms with Gasteiger partial charge in [-0.2, -0.15) is 0 Å². The molecular formula is C46H57NO15. The van der Waals surface area contributed by atoms with E-state index in [4.69, 9.17) is 23.7 Å². The van der Waals surface area contributed by atoms with Crippen molar-refractivity contribution in [3.63, 3.8) is 0 Å². The van der Waals surface area contributed by atoms with Gasteiger partial charge in [0.05, 0.1) is 35.6 Å². The number of benzene rings is 2. The van der Waals surface area contributed by atoms with Gasteiger partial charge in [0.25, 0.3) is 0 Å². The van der Waals surface area contributed by atoms with Crippen molar-refractivity contribution in [3.05, 3.63) is 82.9 Å². The number of hydrogen-bond donors (Lipinski definition) is 4. The van der Waals surface area contributed by atoms with Crippen molar-refractivity contribution in [2.45, 2.75) is 134 Å². The molecule has 2 aromatic rings.